The predicted molar refractivity (Wildman–Crippen MR) is 90.1 cm³/mol. The molecule has 1 aromatic heterocycles. The van der Waals surface area contributed by atoms with E-state index in [0.29, 0.717) is 11.0 Å². The highest BCUT2D eigenvalue weighted by molar-refractivity contribution is 7.10. The van der Waals surface area contributed by atoms with Crippen LogP contribution in [0.4, 0.5) is 9.93 Å². The van der Waals surface area contributed by atoms with Gasteiger partial charge in [0.25, 0.3) is 0 Å². The third-order valence-corrected chi connectivity index (χ3v) is 3.70. The number of benzene rings is 1. The molecule has 2 aromatic rings. The van der Waals surface area contributed by atoms with Crippen molar-refractivity contribution in [2.75, 3.05) is 26.0 Å². The normalized spacial score (nSPS) is 12.2. The molecule has 1 aromatic carbocycles. The highest BCUT2D eigenvalue weighted by Crippen LogP contribution is 2.20. The van der Waals surface area contributed by atoms with Crippen LogP contribution >= 0.6 is 11.5 Å². The molecule has 1 atom stereocenters. The second-order valence-corrected chi connectivity index (χ2v) is 6.13. The van der Waals surface area contributed by atoms with Gasteiger partial charge in [-0.3, -0.25) is 5.32 Å². The number of carbonyl (C=O) groups excluding carboxylic acids is 1. The number of hydrogen-bond acceptors (Lipinski definition) is 5. The lowest BCUT2D eigenvalue weighted by atomic mass is 10.2. The lowest BCUT2D eigenvalue weighted by Gasteiger charge is -2.16. The molecule has 0 fully saturated rings. The molecule has 0 radical (unpaired) electrons. The summed E-state index contributed by atoms with van der Waals surface area (Å²) in [6.07, 6.45) is 0.895. The van der Waals surface area contributed by atoms with E-state index in [1.807, 2.05) is 51.4 Å². The molecule has 2 N–H and O–H groups in total. The first kappa shape index (κ1) is 16.4. The fraction of sp³-hybridized carbons (Fsp3) is 0.400. The van der Waals surface area contributed by atoms with E-state index in [0.717, 1.165) is 18.5 Å². The van der Waals surface area contributed by atoms with Gasteiger partial charge < -0.3 is 10.2 Å². The van der Waals surface area contributed by atoms with Gasteiger partial charge in [-0.25, -0.2) is 4.79 Å². The second kappa shape index (κ2) is 7.86. The molecule has 0 aliphatic heterocycles. The zero-order chi connectivity index (χ0) is 15.9. The Balaban J connectivity index is 1.86. The number of nitrogens with zero attached hydrogens (tertiary/aromatic N) is 3. The van der Waals surface area contributed by atoms with Crippen molar-refractivity contribution in [3.63, 3.8) is 0 Å². The van der Waals surface area contributed by atoms with Crippen LogP contribution in [0.3, 0.4) is 0 Å². The van der Waals surface area contributed by atoms with Crippen molar-refractivity contribution in [3.05, 3.63) is 30.3 Å². The number of nitrogens with one attached hydrogen (secondary N) is 2. The van der Waals surface area contributed by atoms with Gasteiger partial charge in [-0.1, -0.05) is 30.3 Å². The number of rotatable bonds is 6. The summed E-state index contributed by atoms with van der Waals surface area (Å²) < 4.78 is 4.26. The lowest BCUT2D eigenvalue weighted by Crippen LogP contribution is -2.37. The summed E-state index contributed by atoms with van der Waals surface area (Å²) in [6.45, 7) is 2.91. The average Bonchev–Trinajstić information content (AvgIpc) is 2.94. The van der Waals surface area contributed by atoms with E-state index in [9.17, 15) is 4.79 Å². The number of carbonyl (C=O) groups is 1. The van der Waals surface area contributed by atoms with E-state index in [2.05, 4.69) is 24.9 Å². The maximum Gasteiger partial charge on any atom is 0.321 e. The maximum atomic E-state index is 11.9. The maximum absolute atomic E-state index is 11.9. The van der Waals surface area contributed by atoms with Gasteiger partial charge in [-0.05, 0) is 34.0 Å². The predicted octanol–water partition coefficient (Wildman–Crippen LogP) is 2.67. The van der Waals surface area contributed by atoms with E-state index in [1.165, 1.54) is 11.5 Å². The SMILES string of the molecule is C[C@H](CCN(C)C)NC(=O)Nc1nc(-c2ccccc2)ns1. The Kier molecular flexibility index (Phi) is 5.85. The van der Waals surface area contributed by atoms with E-state index in [1.54, 1.807) is 0 Å². The standard InChI is InChI=1S/C15H21N5OS/c1-11(9-10-20(2)3)16-14(21)18-15-17-13(19-22-15)12-7-5-4-6-8-12/h4-8,11H,9-10H2,1-3H3,(H2,16,17,18,19,21)/t11-/m1/s1. The fourth-order valence-electron chi connectivity index (χ4n) is 1.86. The molecule has 2 rings (SSSR count). The zero-order valence-corrected chi connectivity index (χ0v) is 13.9. The summed E-state index contributed by atoms with van der Waals surface area (Å²) >= 11 is 1.18. The summed E-state index contributed by atoms with van der Waals surface area (Å²) in [4.78, 5) is 18.3. The van der Waals surface area contributed by atoms with Crippen molar-refractivity contribution in [2.24, 2.45) is 0 Å². The van der Waals surface area contributed by atoms with Crippen LogP contribution in [0, 0.1) is 0 Å². The monoisotopic (exact) mass is 319 g/mol. The van der Waals surface area contributed by atoms with Crippen molar-refractivity contribution < 1.29 is 4.79 Å². The van der Waals surface area contributed by atoms with Crippen LogP contribution in [0.1, 0.15) is 13.3 Å². The van der Waals surface area contributed by atoms with Gasteiger partial charge in [0.05, 0.1) is 0 Å². The minimum absolute atomic E-state index is 0.101. The first-order valence-corrected chi connectivity index (χ1v) is 7.93. The molecular formula is C15H21N5OS. The van der Waals surface area contributed by atoms with Crippen LogP contribution in [0.25, 0.3) is 11.4 Å². The number of hydrogen-bond donors (Lipinski definition) is 2. The van der Waals surface area contributed by atoms with Crippen LogP contribution in [0.15, 0.2) is 30.3 Å². The summed E-state index contributed by atoms with van der Waals surface area (Å²) in [6, 6.07) is 9.54. The topological polar surface area (TPSA) is 70.2 Å². The Morgan fingerprint density at radius 1 is 1.32 bits per heavy atom. The summed E-state index contributed by atoms with van der Waals surface area (Å²) in [5.41, 5.74) is 0.937. The van der Waals surface area contributed by atoms with Crippen molar-refractivity contribution in [2.45, 2.75) is 19.4 Å². The molecular weight excluding hydrogens is 298 g/mol. The minimum atomic E-state index is -0.248. The quantitative estimate of drug-likeness (QED) is 0.859. The van der Waals surface area contributed by atoms with Crippen molar-refractivity contribution >= 4 is 22.7 Å². The van der Waals surface area contributed by atoms with Gasteiger partial charge in [-0.2, -0.15) is 9.36 Å². The zero-order valence-electron chi connectivity index (χ0n) is 13.0. The fourth-order valence-corrected chi connectivity index (χ4v) is 2.44. The third-order valence-electron chi connectivity index (χ3n) is 3.07. The second-order valence-electron chi connectivity index (χ2n) is 5.38. The first-order valence-electron chi connectivity index (χ1n) is 7.16. The van der Waals surface area contributed by atoms with Gasteiger partial charge in [0.2, 0.25) is 5.13 Å². The van der Waals surface area contributed by atoms with E-state index in [4.69, 9.17) is 0 Å². The average molecular weight is 319 g/mol. The summed E-state index contributed by atoms with van der Waals surface area (Å²) in [5.74, 6) is 0.626. The van der Waals surface area contributed by atoms with E-state index in [-0.39, 0.29) is 12.1 Å². The molecule has 118 valence electrons. The van der Waals surface area contributed by atoms with E-state index >= 15 is 0 Å². The third kappa shape index (κ3) is 5.09. The summed E-state index contributed by atoms with van der Waals surface area (Å²) in [5, 5.41) is 6.12. The molecule has 0 unspecified atom stereocenters. The molecule has 1 heterocycles. The first-order chi connectivity index (χ1) is 10.5. The Labute approximate surface area is 134 Å². The number of urea groups is 1. The lowest BCUT2D eigenvalue weighted by molar-refractivity contribution is 0.247. The Bertz CT molecular complexity index is 599. The van der Waals surface area contributed by atoms with Gasteiger partial charge in [0, 0.05) is 23.1 Å². The van der Waals surface area contributed by atoms with E-state index < -0.39 is 0 Å². The highest BCUT2D eigenvalue weighted by Gasteiger charge is 2.11. The van der Waals surface area contributed by atoms with Crippen LogP contribution in [0.2, 0.25) is 0 Å². The molecule has 0 aliphatic carbocycles. The number of anilines is 1. The van der Waals surface area contributed by atoms with Gasteiger partial charge in [0.1, 0.15) is 0 Å². The summed E-state index contributed by atoms with van der Waals surface area (Å²) in [7, 11) is 4.03. The number of amides is 2. The van der Waals surface area contributed by atoms with Gasteiger partial charge >= 0.3 is 6.03 Å². The Hall–Kier alpha value is -1.99. The molecule has 7 heteroatoms. The van der Waals surface area contributed by atoms with Crippen molar-refractivity contribution in [3.8, 4) is 11.4 Å². The Morgan fingerprint density at radius 3 is 2.73 bits per heavy atom. The molecule has 0 aliphatic rings. The van der Waals surface area contributed by atoms with Gasteiger partial charge in [-0.15, -0.1) is 0 Å². The Morgan fingerprint density at radius 2 is 2.05 bits per heavy atom. The molecule has 0 saturated carbocycles. The molecule has 0 saturated heterocycles. The molecule has 2 amide bonds. The van der Waals surface area contributed by atoms with Crippen LogP contribution in [-0.4, -0.2) is 47.0 Å². The van der Waals surface area contributed by atoms with Crippen LogP contribution < -0.4 is 10.6 Å². The highest BCUT2D eigenvalue weighted by atomic mass is 32.1. The van der Waals surface area contributed by atoms with Gasteiger partial charge in [0.15, 0.2) is 5.82 Å². The van der Waals surface area contributed by atoms with Crippen LogP contribution in [0.5, 0.6) is 0 Å². The van der Waals surface area contributed by atoms with Crippen molar-refractivity contribution in [1.29, 1.82) is 0 Å². The largest absolute Gasteiger partial charge is 0.335 e. The molecule has 6 nitrogen and oxygen atoms in total. The molecule has 0 spiro atoms. The van der Waals surface area contributed by atoms with Crippen LogP contribution in [-0.2, 0) is 0 Å². The molecule has 22 heavy (non-hydrogen) atoms. The minimum Gasteiger partial charge on any atom is -0.335 e. The van der Waals surface area contributed by atoms with Crippen molar-refractivity contribution in [1.82, 2.24) is 19.6 Å². The number of aromatic nitrogens is 2. The molecule has 0 bridgehead atoms. The smallest absolute Gasteiger partial charge is 0.321 e.